The highest BCUT2D eigenvalue weighted by Gasteiger charge is 2.34. The topological polar surface area (TPSA) is 71.2 Å². The summed E-state index contributed by atoms with van der Waals surface area (Å²) in [4.78, 5) is 18.3. The zero-order chi connectivity index (χ0) is 14.1. The largest absolute Gasteiger partial charge is 0.389 e. The van der Waals surface area contributed by atoms with Gasteiger partial charge in [0.1, 0.15) is 4.99 Å². The first-order chi connectivity index (χ1) is 9.65. The van der Waals surface area contributed by atoms with Gasteiger partial charge in [-0.05, 0) is 24.8 Å². The molecule has 2 atom stereocenters. The van der Waals surface area contributed by atoms with E-state index in [1.165, 1.54) is 0 Å². The molecule has 0 aliphatic carbocycles. The van der Waals surface area contributed by atoms with Crippen LogP contribution in [0.15, 0.2) is 18.5 Å². The van der Waals surface area contributed by atoms with Gasteiger partial charge in [-0.2, -0.15) is 0 Å². The monoisotopic (exact) mass is 290 g/mol. The Kier molecular flexibility index (Phi) is 3.56. The van der Waals surface area contributed by atoms with Crippen LogP contribution in [0.25, 0.3) is 0 Å². The molecule has 0 saturated carbocycles. The number of rotatable bonds is 2. The Morgan fingerprint density at radius 1 is 1.50 bits per heavy atom. The van der Waals surface area contributed by atoms with Gasteiger partial charge in [0.05, 0.1) is 11.9 Å². The molecular formula is C14H18N4OS. The maximum Gasteiger partial charge on any atom is 0.220 e. The summed E-state index contributed by atoms with van der Waals surface area (Å²) in [6, 6.07) is 2.18. The molecule has 1 aromatic heterocycles. The molecule has 2 saturated heterocycles. The molecular weight excluding hydrogens is 272 g/mol. The van der Waals surface area contributed by atoms with Gasteiger partial charge in [0.15, 0.2) is 0 Å². The molecule has 2 aliphatic rings. The predicted molar refractivity (Wildman–Crippen MR) is 81.6 cm³/mol. The van der Waals surface area contributed by atoms with Crippen molar-refractivity contribution in [1.82, 2.24) is 10.3 Å². The van der Waals surface area contributed by atoms with Crippen molar-refractivity contribution in [3.63, 3.8) is 0 Å². The molecule has 3 N–H and O–H groups in total. The average molecular weight is 290 g/mol. The summed E-state index contributed by atoms with van der Waals surface area (Å²) in [5.41, 5.74) is 7.68. The Labute approximate surface area is 123 Å². The first-order valence-corrected chi connectivity index (χ1v) is 7.34. The molecule has 3 heterocycles. The molecule has 1 amide bonds. The number of nitrogens with two attached hydrogens (primary N) is 1. The lowest BCUT2D eigenvalue weighted by molar-refractivity contribution is -0.124. The number of aromatic nitrogens is 1. The van der Waals surface area contributed by atoms with Gasteiger partial charge in [-0.25, -0.2) is 0 Å². The Balaban J connectivity index is 1.80. The minimum atomic E-state index is 0.185. The fraction of sp³-hybridized carbons (Fsp3) is 0.500. The number of nitrogens with zero attached hydrogens (tertiary/aromatic N) is 2. The Hall–Kier alpha value is -1.69. The van der Waals surface area contributed by atoms with Crippen molar-refractivity contribution in [2.75, 3.05) is 18.0 Å². The molecule has 6 heteroatoms. The number of nitrogens with one attached hydrogen (secondary N) is 1. The van der Waals surface area contributed by atoms with Gasteiger partial charge in [0.2, 0.25) is 5.91 Å². The van der Waals surface area contributed by atoms with Crippen molar-refractivity contribution in [1.29, 1.82) is 0 Å². The van der Waals surface area contributed by atoms with Crippen molar-refractivity contribution in [3.8, 4) is 0 Å². The number of amides is 1. The second-order valence-electron chi connectivity index (χ2n) is 5.46. The second-order valence-corrected chi connectivity index (χ2v) is 5.90. The van der Waals surface area contributed by atoms with Crippen LogP contribution in [0, 0.1) is 5.92 Å². The quantitative estimate of drug-likeness (QED) is 0.789. The van der Waals surface area contributed by atoms with Crippen molar-refractivity contribution in [2.24, 2.45) is 11.7 Å². The fourth-order valence-electron chi connectivity index (χ4n) is 3.18. The average Bonchev–Trinajstić information content (AvgIpc) is 2.46. The molecule has 2 unspecified atom stereocenters. The Morgan fingerprint density at radius 3 is 3.15 bits per heavy atom. The minimum Gasteiger partial charge on any atom is -0.389 e. The van der Waals surface area contributed by atoms with E-state index in [-0.39, 0.29) is 5.91 Å². The Bertz CT molecular complexity index is 548. The highest BCUT2D eigenvalue weighted by atomic mass is 32.1. The number of anilines is 1. The van der Waals surface area contributed by atoms with Gasteiger partial charge in [0.25, 0.3) is 0 Å². The smallest absolute Gasteiger partial charge is 0.220 e. The maximum absolute atomic E-state index is 11.4. The molecule has 106 valence electrons. The first kappa shape index (κ1) is 13.3. The first-order valence-electron chi connectivity index (χ1n) is 6.93. The maximum atomic E-state index is 11.4. The van der Waals surface area contributed by atoms with E-state index in [1.807, 2.05) is 12.3 Å². The van der Waals surface area contributed by atoms with E-state index in [0.29, 0.717) is 23.4 Å². The SMILES string of the molecule is NC(=S)c1ccncc1N1CCC2NC(=O)CCC2C1. The van der Waals surface area contributed by atoms with Crippen molar-refractivity contribution in [3.05, 3.63) is 24.0 Å². The molecule has 0 bridgehead atoms. The summed E-state index contributed by atoms with van der Waals surface area (Å²) in [7, 11) is 0. The van der Waals surface area contributed by atoms with Crippen LogP contribution < -0.4 is 16.0 Å². The molecule has 2 fully saturated rings. The van der Waals surface area contributed by atoms with Crippen LogP contribution in [-0.4, -0.2) is 35.0 Å². The number of pyridine rings is 1. The van der Waals surface area contributed by atoms with Gasteiger partial charge in [-0.1, -0.05) is 12.2 Å². The lowest BCUT2D eigenvalue weighted by Gasteiger charge is -2.42. The summed E-state index contributed by atoms with van der Waals surface area (Å²) in [5, 5.41) is 3.10. The number of carbonyl (C=O) groups excluding carboxylic acids is 1. The third-order valence-electron chi connectivity index (χ3n) is 4.23. The molecule has 3 rings (SSSR count). The van der Waals surface area contributed by atoms with Gasteiger partial charge >= 0.3 is 0 Å². The summed E-state index contributed by atoms with van der Waals surface area (Å²) in [5.74, 6) is 0.686. The van der Waals surface area contributed by atoms with Crippen LogP contribution in [0.5, 0.6) is 0 Å². The number of thiocarbonyl (C=S) groups is 1. The normalized spacial score (nSPS) is 25.8. The summed E-state index contributed by atoms with van der Waals surface area (Å²) in [6.07, 6.45) is 6.09. The lowest BCUT2D eigenvalue weighted by Crippen LogP contribution is -2.54. The van der Waals surface area contributed by atoms with Crippen LogP contribution in [0.3, 0.4) is 0 Å². The molecule has 0 spiro atoms. The molecule has 0 radical (unpaired) electrons. The van der Waals surface area contributed by atoms with E-state index in [0.717, 1.165) is 37.2 Å². The van der Waals surface area contributed by atoms with Crippen LogP contribution in [0.4, 0.5) is 5.69 Å². The second kappa shape index (κ2) is 5.36. The Morgan fingerprint density at radius 2 is 2.35 bits per heavy atom. The molecule has 5 nitrogen and oxygen atoms in total. The van der Waals surface area contributed by atoms with Crippen LogP contribution in [0.1, 0.15) is 24.8 Å². The zero-order valence-corrected chi connectivity index (χ0v) is 12.0. The number of hydrogen-bond donors (Lipinski definition) is 2. The van der Waals surface area contributed by atoms with Gasteiger partial charge in [-0.15, -0.1) is 0 Å². The molecule has 20 heavy (non-hydrogen) atoms. The summed E-state index contributed by atoms with van der Waals surface area (Å²) in [6.45, 7) is 1.81. The third kappa shape index (κ3) is 2.47. The summed E-state index contributed by atoms with van der Waals surface area (Å²) >= 11 is 5.12. The third-order valence-corrected chi connectivity index (χ3v) is 4.45. The van der Waals surface area contributed by atoms with E-state index in [4.69, 9.17) is 18.0 Å². The molecule has 1 aromatic rings. The zero-order valence-electron chi connectivity index (χ0n) is 11.2. The fourth-order valence-corrected chi connectivity index (χ4v) is 3.35. The van der Waals surface area contributed by atoms with Crippen molar-refractivity contribution in [2.45, 2.75) is 25.3 Å². The molecule has 0 aromatic carbocycles. The van der Waals surface area contributed by atoms with E-state index < -0.39 is 0 Å². The highest BCUT2D eigenvalue weighted by Crippen LogP contribution is 2.30. The van der Waals surface area contributed by atoms with Crippen LogP contribution in [0.2, 0.25) is 0 Å². The lowest BCUT2D eigenvalue weighted by atomic mass is 9.85. The van der Waals surface area contributed by atoms with Crippen LogP contribution in [-0.2, 0) is 4.79 Å². The predicted octanol–water partition coefficient (Wildman–Crippen LogP) is 0.821. The minimum absolute atomic E-state index is 0.185. The van der Waals surface area contributed by atoms with Gasteiger partial charge in [-0.3, -0.25) is 9.78 Å². The van der Waals surface area contributed by atoms with E-state index in [2.05, 4.69) is 15.2 Å². The van der Waals surface area contributed by atoms with Crippen molar-refractivity contribution >= 4 is 28.8 Å². The molecule has 2 aliphatic heterocycles. The highest BCUT2D eigenvalue weighted by molar-refractivity contribution is 7.80. The number of fused-ring (bicyclic) bond motifs is 1. The van der Waals surface area contributed by atoms with E-state index in [9.17, 15) is 4.79 Å². The van der Waals surface area contributed by atoms with Crippen molar-refractivity contribution < 1.29 is 4.79 Å². The number of piperidine rings is 2. The van der Waals surface area contributed by atoms with E-state index >= 15 is 0 Å². The standard InChI is InChI=1S/C14H18N4OS/c15-14(20)10-3-5-16-7-12(10)18-6-4-11-9(8-18)1-2-13(19)17-11/h3,5,7,9,11H,1-2,4,6,8H2,(H2,15,20)(H,17,19). The number of carbonyl (C=O) groups is 1. The van der Waals surface area contributed by atoms with Gasteiger partial charge < -0.3 is 16.0 Å². The van der Waals surface area contributed by atoms with Crippen LogP contribution >= 0.6 is 12.2 Å². The van der Waals surface area contributed by atoms with Gasteiger partial charge in [0, 0.05) is 37.3 Å². The number of hydrogen-bond acceptors (Lipinski definition) is 4. The van der Waals surface area contributed by atoms with E-state index in [1.54, 1.807) is 6.20 Å². The summed E-state index contributed by atoms with van der Waals surface area (Å²) < 4.78 is 0.